The van der Waals surface area contributed by atoms with Crippen LogP contribution in [0, 0.1) is 5.92 Å². The molecule has 0 saturated carbocycles. The molecular weight excluding hydrogens is 128 g/mol. The minimum Gasteiger partial charge on any atom is -0.396 e. The summed E-state index contributed by atoms with van der Waals surface area (Å²) < 4.78 is 0. The highest BCUT2D eigenvalue weighted by Gasteiger charge is 2.16. The van der Waals surface area contributed by atoms with E-state index in [1.807, 2.05) is 6.92 Å². The summed E-state index contributed by atoms with van der Waals surface area (Å²) in [6.07, 6.45) is 1.54. The lowest BCUT2D eigenvalue weighted by Gasteiger charge is -2.21. The quantitative estimate of drug-likeness (QED) is 0.625. The molecule has 0 rings (SSSR count). The van der Waals surface area contributed by atoms with Crippen molar-refractivity contribution in [1.29, 1.82) is 0 Å². The van der Waals surface area contributed by atoms with Crippen molar-refractivity contribution in [3.8, 4) is 0 Å². The Morgan fingerprint density at radius 3 is 2.20 bits per heavy atom. The average Bonchev–Trinajstić information content (AvgIpc) is 1.59. The van der Waals surface area contributed by atoms with Crippen molar-refractivity contribution in [2.45, 2.75) is 39.2 Å². The Labute approximate surface area is 62.9 Å². The monoisotopic (exact) mass is 146 g/mol. The summed E-state index contributed by atoms with van der Waals surface area (Å²) in [5.41, 5.74) is -0.589. The predicted octanol–water partition coefficient (Wildman–Crippen LogP) is 1.17. The van der Waals surface area contributed by atoms with Gasteiger partial charge in [0.25, 0.3) is 0 Å². The van der Waals surface area contributed by atoms with Gasteiger partial charge >= 0.3 is 0 Å². The normalized spacial score (nSPS) is 15.3. The molecule has 2 nitrogen and oxygen atoms in total. The fourth-order valence-corrected chi connectivity index (χ4v) is 1.18. The molecule has 0 aromatic rings. The van der Waals surface area contributed by atoms with Gasteiger partial charge < -0.3 is 10.2 Å². The molecule has 0 radical (unpaired) electrons. The van der Waals surface area contributed by atoms with E-state index >= 15 is 0 Å². The zero-order valence-corrected chi connectivity index (χ0v) is 7.09. The molecule has 1 atom stereocenters. The first-order chi connectivity index (χ1) is 4.45. The maximum Gasteiger partial charge on any atom is 0.0594 e. The highest BCUT2D eigenvalue weighted by molar-refractivity contribution is 4.68. The molecule has 1 unspecified atom stereocenters. The summed E-state index contributed by atoms with van der Waals surface area (Å²) in [7, 11) is 0. The molecule has 0 saturated heterocycles. The smallest absolute Gasteiger partial charge is 0.0594 e. The van der Waals surface area contributed by atoms with Crippen LogP contribution in [0.4, 0.5) is 0 Å². The van der Waals surface area contributed by atoms with Gasteiger partial charge in [-0.15, -0.1) is 0 Å². The van der Waals surface area contributed by atoms with Gasteiger partial charge in [0, 0.05) is 6.61 Å². The highest BCUT2D eigenvalue weighted by Crippen LogP contribution is 2.17. The Bertz CT molecular complexity index is 83.7. The number of aliphatic hydroxyl groups excluding tert-OH is 1. The molecule has 0 aliphatic heterocycles. The second-order valence-electron chi connectivity index (χ2n) is 3.63. The fourth-order valence-electron chi connectivity index (χ4n) is 1.18. The Kier molecular flexibility index (Phi) is 3.91. The molecular formula is C8H18O2. The fraction of sp³-hybridized carbons (Fsp3) is 1.00. The Hall–Kier alpha value is -0.0800. The largest absolute Gasteiger partial charge is 0.396 e. The molecule has 0 aliphatic carbocycles. The van der Waals surface area contributed by atoms with Crippen molar-refractivity contribution in [2.24, 2.45) is 5.92 Å². The lowest BCUT2D eigenvalue weighted by molar-refractivity contribution is 0.0511. The van der Waals surface area contributed by atoms with Crippen molar-refractivity contribution < 1.29 is 10.2 Å². The molecule has 0 fully saturated rings. The van der Waals surface area contributed by atoms with Gasteiger partial charge in [0.2, 0.25) is 0 Å². The Morgan fingerprint density at radius 1 is 1.40 bits per heavy atom. The third-order valence-corrected chi connectivity index (χ3v) is 1.47. The summed E-state index contributed by atoms with van der Waals surface area (Å²) in [5.74, 6) is 0.407. The summed E-state index contributed by atoms with van der Waals surface area (Å²) in [6.45, 7) is 5.84. The van der Waals surface area contributed by atoms with Gasteiger partial charge in [0.15, 0.2) is 0 Å². The van der Waals surface area contributed by atoms with E-state index in [-0.39, 0.29) is 6.61 Å². The van der Waals surface area contributed by atoms with Crippen molar-refractivity contribution >= 4 is 0 Å². The zero-order chi connectivity index (χ0) is 8.20. The first kappa shape index (κ1) is 9.92. The van der Waals surface area contributed by atoms with E-state index in [1.165, 1.54) is 0 Å². The summed E-state index contributed by atoms with van der Waals surface area (Å²) in [6, 6.07) is 0. The van der Waals surface area contributed by atoms with Gasteiger partial charge in [-0.1, -0.05) is 6.92 Å². The van der Waals surface area contributed by atoms with Gasteiger partial charge in [-0.05, 0) is 32.6 Å². The SMILES string of the molecule is CC(CCO)CC(C)(C)O. The van der Waals surface area contributed by atoms with Crippen LogP contribution >= 0.6 is 0 Å². The van der Waals surface area contributed by atoms with Crippen LogP contribution in [0.5, 0.6) is 0 Å². The molecule has 0 heterocycles. The van der Waals surface area contributed by atoms with E-state index in [0.717, 1.165) is 12.8 Å². The molecule has 0 spiro atoms. The Morgan fingerprint density at radius 2 is 1.90 bits per heavy atom. The number of rotatable bonds is 4. The molecule has 0 bridgehead atoms. The maximum absolute atomic E-state index is 9.33. The molecule has 0 aromatic heterocycles. The van der Waals surface area contributed by atoms with Gasteiger partial charge in [0.05, 0.1) is 5.60 Å². The standard InChI is InChI=1S/C8H18O2/c1-7(4-5-9)6-8(2,3)10/h7,9-10H,4-6H2,1-3H3. The van der Waals surface area contributed by atoms with E-state index in [1.54, 1.807) is 13.8 Å². The Balaban J connectivity index is 3.47. The van der Waals surface area contributed by atoms with Crippen LogP contribution in [-0.4, -0.2) is 22.4 Å². The second kappa shape index (κ2) is 3.94. The molecule has 2 N–H and O–H groups in total. The first-order valence-corrected chi connectivity index (χ1v) is 3.79. The molecule has 0 amide bonds. The molecule has 0 aromatic carbocycles. The van der Waals surface area contributed by atoms with E-state index in [9.17, 15) is 5.11 Å². The predicted molar refractivity (Wildman–Crippen MR) is 41.8 cm³/mol. The molecule has 10 heavy (non-hydrogen) atoms. The van der Waals surface area contributed by atoms with Crippen molar-refractivity contribution in [1.82, 2.24) is 0 Å². The van der Waals surface area contributed by atoms with Gasteiger partial charge in [-0.2, -0.15) is 0 Å². The van der Waals surface area contributed by atoms with Crippen LogP contribution in [0.3, 0.4) is 0 Å². The minimum absolute atomic E-state index is 0.219. The summed E-state index contributed by atoms with van der Waals surface area (Å²) in [4.78, 5) is 0. The lowest BCUT2D eigenvalue weighted by atomic mass is 9.93. The van der Waals surface area contributed by atoms with Gasteiger partial charge in [-0.3, -0.25) is 0 Å². The average molecular weight is 146 g/mol. The van der Waals surface area contributed by atoms with Crippen LogP contribution in [0.15, 0.2) is 0 Å². The van der Waals surface area contributed by atoms with Crippen LogP contribution in [0.25, 0.3) is 0 Å². The van der Waals surface area contributed by atoms with Gasteiger partial charge in [0.1, 0.15) is 0 Å². The molecule has 62 valence electrons. The van der Waals surface area contributed by atoms with Crippen LogP contribution in [0.2, 0.25) is 0 Å². The number of hydrogen-bond donors (Lipinski definition) is 2. The highest BCUT2D eigenvalue weighted by atomic mass is 16.3. The lowest BCUT2D eigenvalue weighted by Crippen LogP contribution is -2.22. The second-order valence-corrected chi connectivity index (χ2v) is 3.63. The molecule has 2 heteroatoms. The van der Waals surface area contributed by atoms with Gasteiger partial charge in [-0.25, -0.2) is 0 Å². The summed E-state index contributed by atoms with van der Waals surface area (Å²) >= 11 is 0. The minimum atomic E-state index is -0.589. The van der Waals surface area contributed by atoms with Crippen LogP contribution < -0.4 is 0 Å². The first-order valence-electron chi connectivity index (χ1n) is 3.79. The summed E-state index contributed by atoms with van der Waals surface area (Å²) in [5, 5.41) is 17.9. The van der Waals surface area contributed by atoms with Crippen LogP contribution in [-0.2, 0) is 0 Å². The number of aliphatic hydroxyl groups is 2. The third-order valence-electron chi connectivity index (χ3n) is 1.47. The molecule has 0 aliphatic rings. The van der Waals surface area contributed by atoms with Crippen molar-refractivity contribution in [3.63, 3.8) is 0 Å². The van der Waals surface area contributed by atoms with Crippen molar-refractivity contribution in [2.75, 3.05) is 6.61 Å². The van der Waals surface area contributed by atoms with E-state index in [0.29, 0.717) is 5.92 Å². The number of hydrogen-bond acceptors (Lipinski definition) is 2. The maximum atomic E-state index is 9.33. The zero-order valence-electron chi connectivity index (χ0n) is 7.09. The van der Waals surface area contributed by atoms with Crippen molar-refractivity contribution in [3.05, 3.63) is 0 Å². The van der Waals surface area contributed by atoms with E-state index < -0.39 is 5.60 Å². The van der Waals surface area contributed by atoms with E-state index in [2.05, 4.69) is 0 Å². The third kappa shape index (κ3) is 6.05. The van der Waals surface area contributed by atoms with E-state index in [4.69, 9.17) is 5.11 Å². The van der Waals surface area contributed by atoms with Crippen LogP contribution in [0.1, 0.15) is 33.6 Å². The topological polar surface area (TPSA) is 40.5 Å².